The van der Waals surface area contributed by atoms with Crippen molar-refractivity contribution in [1.29, 1.82) is 0 Å². The first kappa shape index (κ1) is 20.6. The summed E-state index contributed by atoms with van der Waals surface area (Å²) in [6.45, 7) is 4.10. The molecule has 4 N–H and O–H groups in total. The van der Waals surface area contributed by atoms with Gasteiger partial charge in [0.1, 0.15) is 17.9 Å². The lowest BCUT2D eigenvalue weighted by molar-refractivity contribution is 0.112. The number of aryl methyl sites for hydroxylation is 1. The van der Waals surface area contributed by atoms with Crippen molar-refractivity contribution in [3.8, 4) is 5.75 Å². The Morgan fingerprint density at radius 1 is 1.33 bits per heavy atom. The van der Waals surface area contributed by atoms with Crippen LogP contribution in [0.5, 0.6) is 5.75 Å². The molecule has 7 nitrogen and oxygen atoms in total. The number of hydrogen-bond acceptors (Lipinski definition) is 7. The summed E-state index contributed by atoms with van der Waals surface area (Å²) in [6.07, 6.45) is 3.87. The lowest BCUT2D eigenvalue weighted by Crippen LogP contribution is -2.23. The highest BCUT2D eigenvalue weighted by atomic mass is 16.5. The van der Waals surface area contributed by atoms with Gasteiger partial charge in [0.05, 0.1) is 7.11 Å². The van der Waals surface area contributed by atoms with Crippen molar-refractivity contribution in [2.75, 3.05) is 24.8 Å². The molecule has 7 heteroatoms. The number of nitrogens with zero attached hydrogens (tertiary/aromatic N) is 2. The average Bonchev–Trinajstić information content (AvgIpc) is 2.65. The van der Waals surface area contributed by atoms with Gasteiger partial charge in [0, 0.05) is 35.9 Å². The molecule has 0 saturated carbocycles. The molecule has 0 aliphatic heterocycles. The van der Waals surface area contributed by atoms with E-state index in [1.807, 2.05) is 13.0 Å². The smallest absolute Gasteiger partial charge is 0.222 e. The van der Waals surface area contributed by atoms with Crippen LogP contribution in [-0.4, -0.2) is 41.1 Å². The number of benzene rings is 1. The molecule has 0 bridgehead atoms. The number of rotatable bonds is 10. The Balaban J connectivity index is 2.40. The molecular formula is C20H28N4O3. The molecule has 1 heterocycles. The Hall–Kier alpha value is -2.67. The first-order valence-corrected chi connectivity index (χ1v) is 9.14. The number of aromatic nitrogens is 2. The van der Waals surface area contributed by atoms with E-state index in [-0.39, 0.29) is 18.6 Å². The van der Waals surface area contributed by atoms with Crippen molar-refractivity contribution < 1.29 is 14.6 Å². The number of nitrogens with two attached hydrogens (primary N) is 1. The molecule has 2 rings (SSSR count). The van der Waals surface area contributed by atoms with E-state index in [1.165, 1.54) is 0 Å². The van der Waals surface area contributed by atoms with Gasteiger partial charge in [-0.2, -0.15) is 4.98 Å². The van der Waals surface area contributed by atoms with Crippen molar-refractivity contribution in [3.05, 3.63) is 40.6 Å². The fourth-order valence-corrected chi connectivity index (χ4v) is 3.11. The Morgan fingerprint density at radius 3 is 2.74 bits per heavy atom. The summed E-state index contributed by atoms with van der Waals surface area (Å²) in [5, 5.41) is 12.8. The molecule has 1 aromatic carbocycles. The van der Waals surface area contributed by atoms with E-state index in [9.17, 15) is 9.90 Å². The monoisotopic (exact) mass is 372 g/mol. The number of nitrogen functional groups attached to an aromatic ring is 1. The third-order valence-corrected chi connectivity index (χ3v) is 4.50. The predicted molar refractivity (Wildman–Crippen MR) is 106 cm³/mol. The molecule has 0 radical (unpaired) electrons. The fraction of sp³-hybridized carbons (Fsp3) is 0.450. The highest BCUT2D eigenvalue weighted by Crippen LogP contribution is 2.28. The van der Waals surface area contributed by atoms with E-state index < -0.39 is 0 Å². The minimum atomic E-state index is 0.104. The van der Waals surface area contributed by atoms with Gasteiger partial charge in [-0.3, -0.25) is 4.79 Å². The maximum absolute atomic E-state index is 11.0. The molecule has 0 fully saturated rings. The molecule has 0 aliphatic carbocycles. The Morgan fingerprint density at radius 2 is 2.11 bits per heavy atom. The van der Waals surface area contributed by atoms with Crippen LogP contribution in [0.2, 0.25) is 0 Å². The second-order valence-corrected chi connectivity index (χ2v) is 6.50. The zero-order valence-electron chi connectivity index (χ0n) is 16.2. The van der Waals surface area contributed by atoms with E-state index in [4.69, 9.17) is 10.5 Å². The number of nitrogens with one attached hydrogen (secondary N) is 1. The van der Waals surface area contributed by atoms with E-state index in [0.29, 0.717) is 30.0 Å². The zero-order chi connectivity index (χ0) is 19.8. The van der Waals surface area contributed by atoms with Crippen LogP contribution in [0.25, 0.3) is 0 Å². The predicted octanol–water partition coefficient (Wildman–Crippen LogP) is 2.74. The van der Waals surface area contributed by atoms with Crippen LogP contribution in [0.4, 0.5) is 11.8 Å². The second kappa shape index (κ2) is 9.87. The van der Waals surface area contributed by atoms with Gasteiger partial charge in [0.15, 0.2) is 0 Å². The Kier molecular flexibility index (Phi) is 7.55. The van der Waals surface area contributed by atoms with Crippen molar-refractivity contribution in [2.45, 2.75) is 45.6 Å². The molecule has 1 aromatic heterocycles. The fourth-order valence-electron chi connectivity index (χ4n) is 3.11. The largest absolute Gasteiger partial charge is 0.496 e. The van der Waals surface area contributed by atoms with Gasteiger partial charge in [-0.25, -0.2) is 4.98 Å². The van der Waals surface area contributed by atoms with Gasteiger partial charge in [-0.15, -0.1) is 0 Å². The zero-order valence-corrected chi connectivity index (χ0v) is 16.2. The van der Waals surface area contributed by atoms with E-state index in [2.05, 4.69) is 22.2 Å². The van der Waals surface area contributed by atoms with E-state index in [1.54, 1.807) is 19.2 Å². The first-order valence-electron chi connectivity index (χ1n) is 9.14. The second-order valence-electron chi connectivity index (χ2n) is 6.50. The van der Waals surface area contributed by atoms with Crippen molar-refractivity contribution >= 4 is 18.1 Å². The summed E-state index contributed by atoms with van der Waals surface area (Å²) in [7, 11) is 1.58. The van der Waals surface area contributed by atoms with Gasteiger partial charge < -0.3 is 20.9 Å². The molecular weight excluding hydrogens is 344 g/mol. The van der Waals surface area contributed by atoms with Crippen LogP contribution < -0.4 is 15.8 Å². The summed E-state index contributed by atoms with van der Waals surface area (Å²) >= 11 is 0. The SMILES string of the molecule is CCC[C@@H](CCO)Nc1nc(N)nc(C)c1Cc1ccc(C=O)cc1OC. The van der Waals surface area contributed by atoms with E-state index >= 15 is 0 Å². The minimum Gasteiger partial charge on any atom is -0.496 e. The molecule has 0 unspecified atom stereocenters. The molecule has 0 saturated heterocycles. The molecule has 1 atom stereocenters. The van der Waals surface area contributed by atoms with Crippen LogP contribution in [-0.2, 0) is 6.42 Å². The van der Waals surface area contributed by atoms with Gasteiger partial charge in [0.25, 0.3) is 0 Å². The van der Waals surface area contributed by atoms with Crippen molar-refractivity contribution in [1.82, 2.24) is 9.97 Å². The maximum Gasteiger partial charge on any atom is 0.222 e. The summed E-state index contributed by atoms with van der Waals surface area (Å²) in [6, 6.07) is 5.46. The lowest BCUT2D eigenvalue weighted by Gasteiger charge is -2.21. The minimum absolute atomic E-state index is 0.104. The normalized spacial score (nSPS) is 11.9. The number of ether oxygens (including phenoxy) is 1. The molecule has 0 aliphatic rings. The van der Waals surface area contributed by atoms with Crippen LogP contribution in [0.1, 0.15) is 53.4 Å². The summed E-state index contributed by atoms with van der Waals surface area (Å²) in [5.41, 5.74) is 9.05. The Bertz CT molecular complexity index is 774. The molecule has 0 spiro atoms. The lowest BCUT2D eigenvalue weighted by atomic mass is 10.0. The number of aliphatic hydroxyl groups is 1. The number of methoxy groups -OCH3 is 1. The van der Waals surface area contributed by atoms with E-state index in [0.717, 1.165) is 35.9 Å². The maximum atomic E-state index is 11.0. The standard InChI is InChI=1S/C20H28N4O3/c1-4-5-16(8-9-25)23-19-17(13(2)22-20(21)24-19)11-15-7-6-14(12-26)10-18(15)27-3/h6-7,10,12,16,25H,4-5,8-9,11H2,1-3H3,(H3,21,22,23,24)/t16-/m0/s1. The van der Waals surface area contributed by atoms with Crippen LogP contribution in [0.3, 0.4) is 0 Å². The van der Waals surface area contributed by atoms with Crippen molar-refractivity contribution in [2.24, 2.45) is 0 Å². The molecule has 2 aromatic rings. The summed E-state index contributed by atoms with van der Waals surface area (Å²) in [4.78, 5) is 19.7. The van der Waals surface area contributed by atoms with Gasteiger partial charge in [-0.05, 0) is 31.4 Å². The third kappa shape index (κ3) is 5.40. The van der Waals surface area contributed by atoms with Crippen LogP contribution >= 0.6 is 0 Å². The summed E-state index contributed by atoms with van der Waals surface area (Å²) in [5.74, 6) is 1.52. The van der Waals surface area contributed by atoms with Gasteiger partial charge >= 0.3 is 0 Å². The van der Waals surface area contributed by atoms with Crippen LogP contribution in [0, 0.1) is 6.92 Å². The first-order chi connectivity index (χ1) is 13.0. The third-order valence-electron chi connectivity index (χ3n) is 4.50. The van der Waals surface area contributed by atoms with Crippen molar-refractivity contribution in [3.63, 3.8) is 0 Å². The topological polar surface area (TPSA) is 110 Å². The molecule has 146 valence electrons. The Labute approximate surface area is 160 Å². The van der Waals surface area contributed by atoms with Crippen LogP contribution in [0.15, 0.2) is 18.2 Å². The van der Waals surface area contributed by atoms with Gasteiger partial charge in [0.2, 0.25) is 5.95 Å². The number of aliphatic hydroxyl groups excluding tert-OH is 1. The molecule has 27 heavy (non-hydrogen) atoms. The number of hydrogen-bond donors (Lipinski definition) is 3. The highest BCUT2D eigenvalue weighted by molar-refractivity contribution is 5.76. The number of carbonyl (C=O) groups excluding carboxylic acids is 1. The number of aldehydes is 1. The van der Waals surface area contributed by atoms with Gasteiger partial charge in [-0.1, -0.05) is 25.5 Å². The average molecular weight is 372 g/mol. The number of anilines is 2. The quantitative estimate of drug-likeness (QED) is 0.550. The summed E-state index contributed by atoms with van der Waals surface area (Å²) < 4.78 is 5.44. The molecule has 0 amide bonds. The number of carbonyl (C=O) groups is 1. The highest BCUT2D eigenvalue weighted by Gasteiger charge is 2.17.